The number of nitrogens with one attached hydrogen (secondary N) is 1. The van der Waals surface area contributed by atoms with Gasteiger partial charge in [0, 0.05) is 24.6 Å². The number of hydrogen-bond donors (Lipinski definition) is 1. The van der Waals surface area contributed by atoms with Crippen molar-refractivity contribution in [2.45, 2.75) is 39.8 Å². The summed E-state index contributed by atoms with van der Waals surface area (Å²) in [7, 11) is 0. The Balaban J connectivity index is 2.11. The SMILES string of the molecule is Cc1nccnc1C(C)Nc1cnn(C(C)C)c1. The molecule has 5 heteroatoms. The molecule has 1 atom stereocenters. The van der Waals surface area contributed by atoms with Crippen LogP contribution in [0.5, 0.6) is 0 Å². The summed E-state index contributed by atoms with van der Waals surface area (Å²) in [5.41, 5.74) is 2.92. The van der Waals surface area contributed by atoms with Gasteiger partial charge in [-0.1, -0.05) is 0 Å². The standard InChI is InChI=1S/C13H19N5/c1-9(2)18-8-12(7-16-18)17-11(4)13-10(3)14-5-6-15-13/h5-9,11,17H,1-4H3. The second-order valence-corrected chi connectivity index (χ2v) is 4.70. The molecular formula is C13H19N5. The van der Waals surface area contributed by atoms with Gasteiger partial charge in [-0.05, 0) is 27.7 Å². The first-order valence-corrected chi connectivity index (χ1v) is 6.16. The minimum atomic E-state index is 0.114. The number of aryl methyl sites for hydroxylation is 1. The summed E-state index contributed by atoms with van der Waals surface area (Å²) in [5.74, 6) is 0. The second-order valence-electron chi connectivity index (χ2n) is 4.70. The van der Waals surface area contributed by atoms with Crippen LogP contribution in [-0.2, 0) is 0 Å². The molecule has 0 amide bonds. The Morgan fingerprint density at radius 3 is 2.50 bits per heavy atom. The summed E-state index contributed by atoms with van der Waals surface area (Å²) in [6.07, 6.45) is 7.27. The molecule has 18 heavy (non-hydrogen) atoms. The Labute approximate surface area is 107 Å². The summed E-state index contributed by atoms with van der Waals surface area (Å²) in [5, 5.41) is 7.69. The molecule has 0 aromatic carbocycles. The van der Waals surface area contributed by atoms with Crippen LogP contribution in [0.3, 0.4) is 0 Å². The van der Waals surface area contributed by atoms with Gasteiger partial charge < -0.3 is 5.32 Å². The average Bonchev–Trinajstić information content (AvgIpc) is 2.78. The summed E-state index contributed by atoms with van der Waals surface area (Å²) in [6.45, 7) is 8.25. The number of rotatable bonds is 4. The largest absolute Gasteiger partial charge is 0.374 e. The van der Waals surface area contributed by atoms with Crippen molar-refractivity contribution in [1.29, 1.82) is 0 Å². The molecule has 0 aliphatic carbocycles. The zero-order valence-corrected chi connectivity index (χ0v) is 11.3. The maximum atomic E-state index is 4.36. The fourth-order valence-corrected chi connectivity index (χ4v) is 1.86. The first kappa shape index (κ1) is 12.5. The van der Waals surface area contributed by atoms with Crippen LogP contribution in [0.4, 0.5) is 5.69 Å². The molecule has 2 aromatic rings. The summed E-state index contributed by atoms with van der Waals surface area (Å²) < 4.78 is 1.93. The van der Waals surface area contributed by atoms with Crippen molar-refractivity contribution in [2.24, 2.45) is 0 Å². The fourth-order valence-electron chi connectivity index (χ4n) is 1.86. The molecule has 2 aromatic heterocycles. The lowest BCUT2D eigenvalue weighted by atomic mass is 10.2. The highest BCUT2D eigenvalue weighted by molar-refractivity contribution is 5.41. The van der Waals surface area contributed by atoms with E-state index >= 15 is 0 Å². The quantitative estimate of drug-likeness (QED) is 0.899. The van der Waals surface area contributed by atoms with Crippen molar-refractivity contribution in [3.63, 3.8) is 0 Å². The monoisotopic (exact) mass is 245 g/mol. The second kappa shape index (κ2) is 5.16. The van der Waals surface area contributed by atoms with E-state index < -0.39 is 0 Å². The molecule has 0 bridgehead atoms. The number of anilines is 1. The van der Waals surface area contributed by atoms with E-state index in [1.54, 1.807) is 12.4 Å². The molecule has 2 heterocycles. The van der Waals surface area contributed by atoms with E-state index in [0.717, 1.165) is 17.1 Å². The third kappa shape index (κ3) is 2.67. The van der Waals surface area contributed by atoms with Gasteiger partial charge in [-0.3, -0.25) is 14.6 Å². The van der Waals surface area contributed by atoms with Crippen LogP contribution in [-0.4, -0.2) is 19.7 Å². The molecule has 1 unspecified atom stereocenters. The molecule has 2 rings (SSSR count). The van der Waals surface area contributed by atoms with Crippen LogP contribution in [0, 0.1) is 6.92 Å². The van der Waals surface area contributed by atoms with Crippen LogP contribution in [0.25, 0.3) is 0 Å². The minimum absolute atomic E-state index is 0.114. The molecular weight excluding hydrogens is 226 g/mol. The first-order chi connectivity index (χ1) is 8.58. The van der Waals surface area contributed by atoms with E-state index in [2.05, 4.69) is 41.2 Å². The first-order valence-electron chi connectivity index (χ1n) is 6.16. The van der Waals surface area contributed by atoms with E-state index in [-0.39, 0.29) is 6.04 Å². The van der Waals surface area contributed by atoms with E-state index in [1.165, 1.54) is 0 Å². The molecule has 0 fully saturated rings. The zero-order valence-electron chi connectivity index (χ0n) is 11.3. The van der Waals surface area contributed by atoms with Crippen LogP contribution < -0.4 is 5.32 Å². The normalized spacial score (nSPS) is 12.7. The average molecular weight is 245 g/mol. The molecule has 96 valence electrons. The van der Waals surface area contributed by atoms with Gasteiger partial charge in [0.2, 0.25) is 0 Å². The Hall–Kier alpha value is -1.91. The van der Waals surface area contributed by atoms with Crippen molar-refractivity contribution in [3.05, 3.63) is 36.2 Å². The smallest absolute Gasteiger partial charge is 0.0835 e. The van der Waals surface area contributed by atoms with Crippen molar-refractivity contribution in [3.8, 4) is 0 Å². The van der Waals surface area contributed by atoms with Crippen molar-refractivity contribution in [2.75, 3.05) is 5.32 Å². The van der Waals surface area contributed by atoms with Gasteiger partial charge in [-0.15, -0.1) is 0 Å². The van der Waals surface area contributed by atoms with Crippen molar-refractivity contribution in [1.82, 2.24) is 19.7 Å². The third-order valence-corrected chi connectivity index (χ3v) is 2.84. The van der Waals surface area contributed by atoms with Gasteiger partial charge in [-0.25, -0.2) is 0 Å². The molecule has 0 saturated carbocycles. The lowest BCUT2D eigenvalue weighted by Crippen LogP contribution is -2.10. The van der Waals surface area contributed by atoms with Crippen molar-refractivity contribution < 1.29 is 0 Å². The minimum Gasteiger partial charge on any atom is -0.374 e. The van der Waals surface area contributed by atoms with E-state index in [0.29, 0.717) is 6.04 Å². The molecule has 0 spiro atoms. The Morgan fingerprint density at radius 1 is 1.17 bits per heavy atom. The fraction of sp³-hybridized carbons (Fsp3) is 0.462. The number of aromatic nitrogens is 4. The highest BCUT2D eigenvalue weighted by Crippen LogP contribution is 2.19. The van der Waals surface area contributed by atoms with Crippen LogP contribution in [0.2, 0.25) is 0 Å². The maximum Gasteiger partial charge on any atom is 0.0835 e. The Bertz CT molecular complexity index is 518. The predicted octanol–water partition coefficient (Wildman–Crippen LogP) is 2.74. The van der Waals surface area contributed by atoms with Gasteiger partial charge >= 0.3 is 0 Å². The summed E-state index contributed by atoms with van der Waals surface area (Å²) in [6, 6.07) is 0.484. The van der Waals surface area contributed by atoms with E-state index in [1.807, 2.05) is 24.0 Å². The Morgan fingerprint density at radius 2 is 1.89 bits per heavy atom. The molecule has 0 radical (unpaired) electrons. The molecule has 0 saturated heterocycles. The van der Waals surface area contributed by atoms with Gasteiger partial charge in [-0.2, -0.15) is 5.10 Å². The number of nitrogens with zero attached hydrogens (tertiary/aromatic N) is 4. The topological polar surface area (TPSA) is 55.6 Å². The third-order valence-electron chi connectivity index (χ3n) is 2.84. The van der Waals surface area contributed by atoms with Gasteiger partial charge in [0.25, 0.3) is 0 Å². The van der Waals surface area contributed by atoms with E-state index in [9.17, 15) is 0 Å². The predicted molar refractivity (Wildman–Crippen MR) is 71.4 cm³/mol. The molecule has 0 aliphatic rings. The lowest BCUT2D eigenvalue weighted by Gasteiger charge is -2.14. The van der Waals surface area contributed by atoms with Gasteiger partial charge in [0.15, 0.2) is 0 Å². The molecule has 5 nitrogen and oxygen atoms in total. The molecule has 1 N–H and O–H groups in total. The van der Waals surface area contributed by atoms with Crippen LogP contribution in [0.15, 0.2) is 24.8 Å². The molecule has 0 aliphatic heterocycles. The van der Waals surface area contributed by atoms with Crippen LogP contribution in [0.1, 0.15) is 44.2 Å². The number of hydrogen-bond acceptors (Lipinski definition) is 4. The highest BCUT2D eigenvalue weighted by atomic mass is 15.3. The highest BCUT2D eigenvalue weighted by Gasteiger charge is 2.11. The maximum absolute atomic E-state index is 4.36. The van der Waals surface area contributed by atoms with E-state index in [4.69, 9.17) is 0 Å². The zero-order chi connectivity index (χ0) is 13.1. The summed E-state index contributed by atoms with van der Waals surface area (Å²) >= 11 is 0. The lowest BCUT2D eigenvalue weighted by molar-refractivity contribution is 0.532. The van der Waals surface area contributed by atoms with Gasteiger partial charge in [0.05, 0.1) is 29.3 Å². The Kier molecular flexibility index (Phi) is 3.60. The van der Waals surface area contributed by atoms with Crippen LogP contribution >= 0.6 is 0 Å². The van der Waals surface area contributed by atoms with Crippen molar-refractivity contribution >= 4 is 5.69 Å². The summed E-state index contributed by atoms with van der Waals surface area (Å²) in [4.78, 5) is 8.62. The van der Waals surface area contributed by atoms with Gasteiger partial charge in [0.1, 0.15) is 0 Å².